The summed E-state index contributed by atoms with van der Waals surface area (Å²) in [6.45, 7) is 0. The van der Waals surface area contributed by atoms with E-state index in [2.05, 4.69) is 4.84 Å². The van der Waals surface area contributed by atoms with Crippen LogP contribution in [0, 0.1) is 0 Å². The van der Waals surface area contributed by atoms with Crippen molar-refractivity contribution in [3.63, 3.8) is 0 Å². The Hall–Kier alpha value is -0.170. The second-order valence-corrected chi connectivity index (χ2v) is 5.65. The van der Waals surface area contributed by atoms with Gasteiger partial charge in [0.2, 0.25) is 10.0 Å². The molecule has 1 aliphatic rings. The first-order chi connectivity index (χ1) is 6.47. The maximum atomic E-state index is 11.4. The van der Waals surface area contributed by atoms with Crippen LogP contribution in [0.25, 0.3) is 0 Å². The van der Waals surface area contributed by atoms with Crippen LogP contribution in [-0.2, 0) is 14.9 Å². The molecule has 0 radical (unpaired) electrons. The summed E-state index contributed by atoms with van der Waals surface area (Å²) in [6, 6.07) is 0. The van der Waals surface area contributed by atoms with Crippen LogP contribution in [0.3, 0.4) is 0 Å². The lowest BCUT2D eigenvalue weighted by molar-refractivity contribution is 0.152. The van der Waals surface area contributed by atoms with Crippen LogP contribution in [0.4, 0.5) is 0 Å². The standard InChI is InChI=1S/C8H18N2O3S/c1-13-10-14(11,12)7-8(9)5-3-2-4-6-8/h10H,2-7,9H2,1H3. The van der Waals surface area contributed by atoms with Crippen molar-refractivity contribution in [2.75, 3.05) is 12.9 Å². The minimum absolute atomic E-state index is 0.0478. The van der Waals surface area contributed by atoms with Crippen LogP contribution >= 0.6 is 0 Å². The number of hydrogen-bond donors (Lipinski definition) is 2. The largest absolute Gasteiger partial charge is 0.324 e. The maximum absolute atomic E-state index is 11.4. The lowest BCUT2D eigenvalue weighted by Crippen LogP contribution is -2.50. The molecule has 0 aliphatic heterocycles. The van der Waals surface area contributed by atoms with Crippen molar-refractivity contribution in [2.24, 2.45) is 5.73 Å². The lowest BCUT2D eigenvalue weighted by Gasteiger charge is -2.32. The molecule has 0 atom stereocenters. The van der Waals surface area contributed by atoms with Crippen molar-refractivity contribution < 1.29 is 13.3 Å². The third-order valence-electron chi connectivity index (χ3n) is 2.54. The Balaban J connectivity index is 2.57. The molecule has 0 saturated heterocycles. The van der Waals surface area contributed by atoms with Crippen molar-refractivity contribution in [1.29, 1.82) is 0 Å². The summed E-state index contributed by atoms with van der Waals surface area (Å²) >= 11 is 0. The molecule has 0 aromatic rings. The van der Waals surface area contributed by atoms with Gasteiger partial charge in [-0.3, -0.25) is 4.84 Å². The average molecular weight is 222 g/mol. The zero-order valence-corrected chi connectivity index (χ0v) is 9.27. The Morgan fingerprint density at radius 3 is 2.43 bits per heavy atom. The second kappa shape index (κ2) is 4.57. The minimum Gasteiger partial charge on any atom is -0.324 e. The molecular formula is C8H18N2O3S. The van der Waals surface area contributed by atoms with Crippen LogP contribution in [0.1, 0.15) is 32.1 Å². The van der Waals surface area contributed by atoms with E-state index < -0.39 is 15.6 Å². The van der Waals surface area contributed by atoms with Crippen LogP contribution in [0.5, 0.6) is 0 Å². The Labute approximate surface area is 85.0 Å². The van der Waals surface area contributed by atoms with E-state index in [9.17, 15) is 8.42 Å². The molecule has 0 heterocycles. The van der Waals surface area contributed by atoms with Gasteiger partial charge < -0.3 is 5.73 Å². The first kappa shape index (κ1) is 11.9. The minimum atomic E-state index is -3.39. The fourth-order valence-electron chi connectivity index (χ4n) is 1.94. The summed E-state index contributed by atoms with van der Waals surface area (Å²) in [5, 5.41) is 0. The highest BCUT2D eigenvalue weighted by Crippen LogP contribution is 2.26. The van der Waals surface area contributed by atoms with Crippen molar-refractivity contribution in [1.82, 2.24) is 4.89 Å². The normalized spacial score (nSPS) is 22.1. The molecule has 84 valence electrons. The molecule has 1 rings (SSSR count). The van der Waals surface area contributed by atoms with E-state index in [4.69, 9.17) is 5.73 Å². The van der Waals surface area contributed by atoms with Crippen LogP contribution in [-0.4, -0.2) is 26.8 Å². The van der Waals surface area contributed by atoms with Gasteiger partial charge in [0.15, 0.2) is 0 Å². The third-order valence-corrected chi connectivity index (χ3v) is 3.91. The number of hydrogen-bond acceptors (Lipinski definition) is 4. The molecule has 0 aromatic carbocycles. The van der Waals surface area contributed by atoms with Gasteiger partial charge in [-0.25, -0.2) is 8.42 Å². The smallest absolute Gasteiger partial charge is 0.235 e. The highest BCUT2D eigenvalue weighted by atomic mass is 32.2. The van der Waals surface area contributed by atoms with Gasteiger partial charge in [-0.05, 0) is 12.8 Å². The molecular weight excluding hydrogens is 204 g/mol. The van der Waals surface area contributed by atoms with Crippen LogP contribution in [0.2, 0.25) is 0 Å². The summed E-state index contributed by atoms with van der Waals surface area (Å²) in [5.41, 5.74) is 5.43. The fourth-order valence-corrected chi connectivity index (χ4v) is 3.29. The van der Waals surface area contributed by atoms with Crippen molar-refractivity contribution in [3.8, 4) is 0 Å². The molecule has 14 heavy (non-hydrogen) atoms. The number of rotatable bonds is 4. The Morgan fingerprint density at radius 2 is 1.93 bits per heavy atom. The molecule has 6 heteroatoms. The van der Waals surface area contributed by atoms with Gasteiger partial charge in [0, 0.05) is 5.54 Å². The van der Waals surface area contributed by atoms with Gasteiger partial charge in [-0.2, -0.15) is 0 Å². The predicted octanol–water partition coefficient (Wildman–Crippen LogP) is 0.129. The quantitative estimate of drug-likeness (QED) is 0.662. The Morgan fingerprint density at radius 1 is 1.36 bits per heavy atom. The maximum Gasteiger partial charge on any atom is 0.235 e. The summed E-state index contributed by atoms with van der Waals surface area (Å²) in [4.78, 5) is 6.39. The number of nitrogens with two attached hydrogens (primary N) is 1. The van der Waals surface area contributed by atoms with Gasteiger partial charge in [0.25, 0.3) is 0 Å². The first-order valence-electron chi connectivity index (χ1n) is 4.79. The zero-order chi connectivity index (χ0) is 10.7. The fraction of sp³-hybridized carbons (Fsp3) is 1.00. The van der Waals surface area contributed by atoms with Crippen LogP contribution in [0.15, 0.2) is 0 Å². The van der Waals surface area contributed by atoms with E-state index in [0.717, 1.165) is 32.1 Å². The second-order valence-electron chi connectivity index (χ2n) is 3.97. The van der Waals surface area contributed by atoms with E-state index in [-0.39, 0.29) is 5.75 Å². The third kappa shape index (κ3) is 3.53. The topological polar surface area (TPSA) is 81.4 Å². The highest BCUT2D eigenvalue weighted by molar-refractivity contribution is 7.89. The lowest BCUT2D eigenvalue weighted by atomic mass is 9.84. The summed E-state index contributed by atoms with van der Waals surface area (Å²) < 4.78 is 22.8. The molecule has 5 nitrogen and oxygen atoms in total. The highest BCUT2D eigenvalue weighted by Gasteiger charge is 2.32. The van der Waals surface area contributed by atoms with Gasteiger partial charge in [0.05, 0.1) is 12.9 Å². The molecule has 0 spiro atoms. The average Bonchev–Trinajstić information content (AvgIpc) is 2.02. The molecule has 1 fully saturated rings. The van der Waals surface area contributed by atoms with Crippen LogP contribution < -0.4 is 10.6 Å². The molecule has 0 amide bonds. The van der Waals surface area contributed by atoms with Crippen molar-refractivity contribution in [3.05, 3.63) is 0 Å². The van der Waals surface area contributed by atoms with Gasteiger partial charge in [-0.15, -0.1) is 0 Å². The summed E-state index contributed by atoms with van der Waals surface area (Å²) in [6.07, 6.45) is 4.73. The molecule has 0 bridgehead atoms. The van der Waals surface area contributed by atoms with E-state index in [0.29, 0.717) is 0 Å². The van der Waals surface area contributed by atoms with Gasteiger partial charge in [-0.1, -0.05) is 24.1 Å². The Kier molecular flexibility index (Phi) is 3.88. The molecule has 1 saturated carbocycles. The van der Waals surface area contributed by atoms with E-state index in [1.165, 1.54) is 7.11 Å². The molecule has 1 aliphatic carbocycles. The van der Waals surface area contributed by atoms with E-state index in [1.54, 1.807) is 0 Å². The van der Waals surface area contributed by atoms with Gasteiger partial charge >= 0.3 is 0 Å². The number of sulfonamides is 1. The summed E-state index contributed by atoms with van der Waals surface area (Å²) in [5.74, 6) is -0.0478. The summed E-state index contributed by atoms with van der Waals surface area (Å²) in [7, 11) is -2.11. The molecule has 0 unspecified atom stereocenters. The SMILES string of the molecule is CONS(=O)(=O)CC1(N)CCCCC1. The first-order valence-corrected chi connectivity index (χ1v) is 6.44. The van der Waals surface area contributed by atoms with Crippen molar-refractivity contribution in [2.45, 2.75) is 37.6 Å². The Bertz CT molecular complexity index is 270. The van der Waals surface area contributed by atoms with E-state index in [1.807, 2.05) is 4.89 Å². The molecule has 3 N–H and O–H groups in total. The monoisotopic (exact) mass is 222 g/mol. The van der Waals surface area contributed by atoms with Crippen molar-refractivity contribution >= 4 is 10.0 Å². The van der Waals surface area contributed by atoms with Gasteiger partial charge in [0.1, 0.15) is 0 Å². The molecule has 0 aromatic heterocycles. The predicted molar refractivity (Wildman–Crippen MR) is 53.9 cm³/mol. The van der Waals surface area contributed by atoms with E-state index >= 15 is 0 Å². The number of nitrogens with one attached hydrogen (secondary N) is 1. The zero-order valence-electron chi connectivity index (χ0n) is 8.45.